The topological polar surface area (TPSA) is 43.4 Å². The first kappa shape index (κ1) is 14.9. The first-order valence-corrected chi connectivity index (χ1v) is 6.31. The van der Waals surface area contributed by atoms with Gasteiger partial charge in [-0.05, 0) is 25.0 Å². The highest BCUT2D eigenvalue weighted by Crippen LogP contribution is 2.06. The average molecular weight is 258 g/mol. The summed E-state index contributed by atoms with van der Waals surface area (Å²) in [6.45, 7) is 2.12. The van der Waals surface area contributed by atoms with Crippen molar-refractivity contribution in [2.45, 2.75) is 19.8 Å². The Balaban J connectivity index is 2.36. The van der Waals surface area contributed by atoms with Crippen LogP contribution in [-0.2, 0) is 14.3 Å². The number of ketones is 1. The van der Waals surface area contributed by atoms with Crippen LogP contribution in [0.4, 0.5) is 0 Å². The maximum Gasteiger partial charge on any atom is 0.330 e. The standard InChI is InChI=1S/C16H18O3/c1-2-19-16(18)12-8-7-11-15(17)13-14-9-5-3-4-6-10-14/h3-6,8-10,12-13H,2,7,11H2,1H3/b12-8+. The summed E-state index contributed by atoms with van der Waals surface area (Å²) in [7, 11) is 0. The van der Waals surface area contributed by atoms with Gasteiger partial charge in [-0.25, -0.2) is 4.79 Å². The van der Waals surface area contributed by atoms with Gasteiger partial charge in [-0.2, -0.15) is 0 Å². The van der Waals surface area contributed by atoms with Gasteiger partial charge in [0.2, 0.25) is 0 Å². The highest BCUT2D eigenvalue weighted by Gasteiger charge is 1.98. The predicted octanol–water partition coefficient (Wildman–Crippen LogP) is 3.06. The lowest BCUT2D eigenvalue weighted by atomic mass is 10.1. The van der Waals surface area contributed by atoms with Gasteiger partial charge in [0, 0.05) is 12.5 Å². The Morgan fingerprint density at radius 2 is 1.84 bits per heavy atom. The highest BCUT2D eigenvalue weighted by atomic mass is 16.5. The summed E-state index contributed by atoms with van der Waals surface area (Å²) in [4.78, 5) is 22.7. The van der Waals surface area contributed by atoms with Gasteiger partial charge in [0.05, 0.1) is 6.61 Å². The number of carbonyl (C=O) groups is 2. The van der Waals surface area contributed by atoms with E-state index in [2.05, 4.69) is 0 Å². The van der Waals surface area contributed by atoms with Crippen molar-refractivity contribution in [2.75, 3.05) is 6.61 Å². The first-order chi connectivity index (χ1) is 9.22. The number of esters is 1. The second kappa shape index (κ2) is 8.86. The summed E-state index contributed by atoms with van der Waals surface area (Å²) < 4.78 is 4.74. The van der Waals surface area contributed by atoms with Crippen LogP contribution in [-0.4, -0.2) is 18.4 Å². The van der Waals surface area contributed by atoms with E-state index in [0.29, 0.717) is 19.4 Å². The van der Waals surface area contributed by atoms with Crippen molar-refractivity contribution in [3.05, 3.63) is 60.3 Å². The van der Waals surface area contributed by atoms with Crippen molar-refractivity contribution in [2.24, 2.45) is 0 Å². The zero-order valence-corrected chi connectivity index (χ0v) is 11.0. The summed E-state index contributed by atoms with van der Waals surface area (Å²) in [5, 5.41) is 0. The van der Waals surface area contributed by atoms with Gasteiger partial charge in [-0.1, -0.05) is 42.5 Å². The number of carbonyl (C=O) groups excluding carboxylic acids is 2. The van der Waals surface area contributed by atoms with Crippen LogP contribution in [0.3, 0.4) is 0 Å². The SMILES string of the molecule is CCOC(=O)/C=C/CCC(=O)C=C1C=CC=CC=C1. The van der Waals surface area contributed by atoms with Gasteiger partial charge in [0.25, 0.3) is 0 Å². The largest absolute Gasteiger partial charge is 0.463 e. The van der Waals surface area contributed by atoms with E-state index in [4.69, 9.17) is 4.74 Å². The van der Waals surface area contributed by atoms with E-state index in [-0.39, 0.29) is 11.8 Å². The van der Waals surface area contributed by atoms with Crippen molar-refractivity contribution in [3.8, 4) is 0 Å². The fourth-order valence-corrected chi connectivity index (χ4v) is 1.47. The molecule has 0 amide bonds. The lowest BCUT2D eigenvalue weighted by molar-refractivity contribution is -0.137. The van der Waals surface area contributed by atoms with Crippen LogP contribution in [0.1, 0.15) is 19.8 Å². The van der Waals surface area contributed by atoms with Gasteiger partial charge >= 0.3 is 5.97 Å². The Morgan fingerprint density at radius 3 is 2.47 bits per heavy atom. The third-order valence-electron chi connectivity index (χ3n) is 2.34. The molecule has 0 spiro atoms. The minimum Gasteiger partial charge on any atom is -0.463 e. The molecular formula is C16H18O3. The average Bonchev–Trinajstić information content (AvgIpc) is 2.64. The van der Waals surface area contributed by atoms with Gasteiger partial charge in [-0.3, -0.25) is 4.79 Å². The number of allylic oxidation sites excluding steroid dienone is 9. The quantitative estimate of drug-likeness (QED) is 0.543. The van der Waals surface area contributed by atoms with E-state index in [0.717, 1.165) is 5.57 Å². The molecule has 0 saturated heterocycles. The van der Waals surface area contributed by atoms with Crippen molar-refractivity contribution >= 4 is 11.8 Å². The molecule has 0 aromatic rings. The van der Waals surface area contributed by atoms with Crippen molar-refractivity contribution < 1.29 is 14.3 Å². The summed E-state index contributed by atoms with van der Waals surface area (Å²) in [6, 6.07) is 0. The molecule has 3 nitrogen and oxygen atoms in total. The third kappa shape index (κ3) is 6.99. The van der Waals surface area contributed by atoms with E-state index < -0.39 is 0 Å². The molecule has 0 N–H and O–H groups in total. The Kier molecular flexibility index (Phi) is 6.95. The summed E-state index contributed by atoms with van der Waals surface area (Å²) in [5.41, 5.74) is 0.879. The second-order valence-corrected chi connectivity index (χ2v) is 3.91. The molecule has 0 atom stereocenters. The molecule has 0 heterocycles. The molecule has 19 heavy (non-hydrogen) atoms. The molecule has 0 saturated carbocycles. The smallest absolute Gasteiger partial charge is 0.330 e. The molecule has 0 bridgehead atoms. The molecule has 1 aliphatic rings. The van der Waals surface area contributed by atoms with Crippen LogP contribution in [0.5, 0.6) is 0 Å². The number of ether oxygens (including phenoxy) is 1. The van der Waals surface area contributed by atoms with E-state index in [1.165, 1.54) is 6.08 Å². The Labute approximate surface area is 113 Å². The van der Waals surface area contributed by atoms with Gasteiger partial charge in [-0.15, -0.1) is 0 Å². The fraction of sp³-hybridized carbons (Fsp3) is 0.250. The Hall–Kier alpha value is -2.16. The Bertz CT molecular complexity index is 444. The third-order valence-corrected chi connectivity index (χ3v) is 2.34. The number of rotatable bonds is 6. The normalized spacial score (nSPS) is 13.6. The molecule has 1 rings (SSSR count). The molecule has 0 fully saturated rings. The minimum atomic E-state index is -0.367. The maximum absolute atomic E-state index is 11.7. The van der Waals surface area contributed by atoms with E-state index in [1.807, 2.05) is 36.5 Å². The van der Waals surface area contributed by atoms with Crippen LogP contribution >= 0.6 is 0 Å². The van der Waals surface area contributed by atoms with E-state index >= 15 is 0 Å². The summed E-state index contributed by atoms with van der Waals surface area (Å²) in [5.74, 6) is -0.325. The maximum atomic E-state index is 11.7. The van der Waals surface area contributed by atoms with Gasteiger partial charge < -0.3 is 4.74 Å². The van der Waals surface area contributed by atoms with E-state index in [1.54, 1.807) is 19.1 Å². The molecule has 0 aliphatic heterocycles. The predicted molar refractivity (Wildman–Crippen MR) is 75.5 cm³/mol. The molecule has 1 aliphatic carbocycles. The summed E-state index contributed by atoms with van der Waals surface area (Å²) >= 11 is 0. The van der Waals surface area contributed by atoms with Gasteiger partial charge in [0.1, 0.15) is 0 Å². The molecule has 100 valence electrons. The zero-order valence-electron chi connectivity index (χ0n) is 11.0. The first-order valence-electron chi connectivity index (χ1n) is 6.31. The second-order valence-electron chi connectivity index (χ2n) is 3.91. The van der Waals surface area contributed by atoms with Crippen LogP contribution in [0, 0.1) is 0 Å². The molecule has 0 aromatic heterocycles. The number of hydrogen-bond acceptors (Lipinski definition) is 3. The monoisotopic (exact) mass is 258 g/mol. The zero-order chi connectivity index (χ0) is 13.9. The highest BCUT2D eigenvalue weighted by molar-refractivity contribution is 5.91. The van der Waals surface area contributed by atoms with Gasteiger partial charge in [0.15, 0.2) is 5.78 Å². The van der Waals surface area contributed by atoms with Crippen LogP contribution in [0.25, 0.3) is 0 Å². The molecule has 0 unspecified atom stereocenters. The Morgan fingerprint density at radius 1 is 1.16 bits per heavy atom. The van der Waals surface area contributed by atoms with Crippen molar-refractivity contribution in [3.63, 3.8) is 0 Å². The lowest BCUT2D eigenvalue weighted by Gasteiger charge is -1.95. The van der Waals surface area contributed by atoms with Crippen molar-refractivity contribution in [1.29, 1.82) is 0 Å². The van der Waals surface area contributed by atoms with Crippen LogP contribution in [0.2, 0.25) is 0 Å². The fourth-order valence-electron chi connectivity index (χ4n) is 1.47. The molecule has 0 radical (unpaired) electrons. The lowest BCUT2D eigenvalue weighted by Crippen LogP contribution is -1.99. The minimum absolute atomic E-state index is 0.0414. The molecule has 0 aromatic carbocycles. The summed E-state index contributed by atoms with van der Waals surface area (Å²) in [6.07, 6.45) is 16.9. The molecule has 3 heteroatoms. The molecular weight excluding hydrogens is 240 g/mol. The van der Waals surface area contributed by atoms with Crippen LogP contribution in [0.15, 0.2) is 60.3 Å². The number of hydrogen-bond donors (Lipinski definition) is 0. The van der Waals surface area contributed by atoms with Crippen LogP contribution < -0.4 is 0 Å². The van der Waals surface area contributed by atoms with E-state index in [9.17, 15) is 9.59 Å². The van der Waals surface area contributed by atoms with Crippen molar-refractivity contribution in [1.82, 2.24) is 0 Å².